The summed E-state index contributed by atoms with van der Waals surface area (Å²) in [6.07, 6.45) is 5.82. The van der Waals surface area contributed by atoms with Gasteiger partial charge in [0.25, 0.3) is 0 Å². The number of hydrogen-bond donors (Lipinski definition) is 1. The van der Waals surface area contributed by atoms with Crippen LogP contribution in [0.25, 0.3) is 10.2 Å². The Bertz CT molecular complexity index is 555. The van der Waals surface area contributed by atoms with E-state index in [0.29, 0.717) is 0 Å². The molecule has 2 aromatic heterocycles. The van der Waals surface area contributed by atoms with Crippen LogP contribution in [0.3, 0.4) is 0 Å². The molecule has 3 rings (SSSR count). The van der Waals surface area contributed by atoms with Crippen molar-refractivity contribution in [3.63, 3.8) is 0 Å². The van der Waals surface area contributed by atoms with E-state index in [1.165, 1.54) is 11.3 Å². The highest BCUT2D eigenvalue weighted by Gasteiger charge is 2.25. The zero-order valence-electron chi connectivity index (χ0n) is 10.3. The predicted molar refractivity (Wildman–Crippen MR) is 76.3 cm³/mol. The minimum absolute atomic E-state index is 0.187. The molecule has 0 bridgehead atoms. The standard InChI is InChI=1S/C13H16N2OS2/c1-8-6-9-12(17-8)14-7-15-13(9)18-11-5-3-2-4-10(11)16/h6-7,10-11,16H,2-5H2,1H3/t10-,11-/m1/s1. The third kappa shape index (κ3) is 2.39. The molecule has 3 nitrogen and oxygen atoms in total. The molecule has 0 aromatic carbocycles. The van der Waals surface area contributed by atoms with Gasteiger partial charge in [-0.25, -0.2) is 9.97 Å². The highest BCUT2D eigenvalue weighted by atomic mass is 32.2. The summed E-state index contributed by atoms with van der Waals surface area (Å²) in [5, 5.41) is 12.5. The van der Waals surface area contributed by atoms with Crippen molar-refractivity contribution in [2.24, 2.45) is 0 Å². The number of hydrogen-bond acceptors (Lipinski definition) is 5. The average Bonchev–Trinajstić information content (AvgIpc) is 2.73. The van der Waals surface area contributed by atoms with Crippen LogP contribution >= 0.6 is 23.1 Å². The quantitative estimate of drug-likeness (QED) is 0.856. The number of thiophene rings is 1. The van der Waals surface area contributed by atoms with Crippen LogP contribution in [0.1, 0.15) is 30.6 Å². The number of fused-ring (bicyclic) bond motifs is 1. The van der Waals surface area contributed by atoms with Gasteiger partial charge in [-0.2, -0.15) is 0 Å². The number of nitrogens with zero attached hydrogens (tertiary/aromatic N) is 2. The second-order valence-corrected chi connectivity index (χ2v) is 7.23. The summed E-state index contributed by atoms with van der Waals surface area (Å²) in [4.78, 5) is 11.0. The number of aryl methyl sites for hydroxylation is 1. The number of thioether (sulfide) groups is 1. The first-order valence-corrected chi connectivity index (χ1v) is 7.99. The average molecular weight is 280 g/mol. The van der Waals surface area contributed by atoms with Gasteiger partial charge >= 0.3 is 0 Å². The molecule has 1 fully saturated rings. The Hall–Kier alpha value is -0.650. The lowest BCUT2D eigenvalue weighted by molar-refractivity contribution is 0.137. The summed E-state index contributed by atoms with van der Waals surface area (Å²) in [5.74, 6) is 0. The summed E-state index contributed by atoms with van der Waals surface area (Å²) >= 11 is 3.42. The van der Waals surface area contributed by atoms with Gasteiger partial charge in [-0.05, 0) is 25.8 Å². The summed E-state index contributed by atoms with van der Waals surface area (Å²) in [7, 11) is 0. The molecular formula is C13H16N2OS2. The van der Waals surface area contributed by atoms with E-state index in [9.17, 15) is 5.11 Å². The van der Waals surface area contributed by atoms with Gasteiger partial charge in [0.15, 0.2) is 0 Å². The first-order valence-electron chi connectivity index (χ1n) is 6.30. The Labute approximate surface area is 115 Å². The second-order valence-electron chi connectivity index (χ2n) is 4.76. The largest absolute Gasteiger partial charge is 0.392 e. The summed E-state index contributed by atoms with van der Waals surface area (Å²) in [5.41, 5.74) is 0. The van der Waals surface area contributed by atoms with Crippen molar-refractivity contribution in [2.75, 3.05) is 0 Å². The Morgan fingerprint density at radius 3 is 3.00 bits per heavy atom. The monoisotopic (exact) mass is 280 g/mol. The molecule has 96 valence electrons. The van der Waals surface area contributed by atoms with Gasteiger partial charge in [-0.3, -0.25) is 0 Å². The molecule has 1 saturated carbocycles. The fourth-order valence-corrected chi connectivity index (χ4v) is 4.57. The zero-order valence-corrected chi connectivity index (χ0v) is 11.9. The van der Waals surface area contributed by atoms with Crippen molar-refractivity contribution in [2.45, 2.75) is 49.0 Å². The predicted octanol–water partition coefficient (Wildman–Crippen LogP) is 3.40. The molecule has 5 heteroatoms. The van der Waals surface area contributed by atoms with Crippen molar-refractivity contribution < 1.29 is 5.11 Å². The van der Waals surface area contributed by atoms with Crippen molar-refractivity contribution in [3.05, 3.63) is 17.3 Å². The molecule has 2 heterocycles. The summed E-state index contributed by atoms with van der Waals surface area (Å²) < 4.78 is 0. The molecule has 18 heavy (non-hydrogen) atoms. The Balaban J connectivity index is 1.89. The summed E-state index contributed by atoms with van der Waals surface area (Å²) in [6.45, 7) is 2.09. The van der Waals surface area contributed by atoms with Crippen molar-refractivity contribution >= 4 is 33.3 Å². The second kappa shape index (κ2) is 5.15. The lowest BCUT2D eigenvalue weighted by Crippen LogP contribution is -2.26. The molecule has 0 spiro atoms. The molecule has 1 aliphatic carbocycles. The van der Waals surface area contributed by atoms with E-state index in [2.05, 4.69) is 23.0 Å². The number of aromatic nitrogens is 2. The van der Waals surface area contributed by atoms with Crippen molar-refractivity contribution in [1.29, 1.82) is 0 Å². The van der Waals surface area contributed by atoms with E-state index < -0.39 is 0 Å². The number of rotatable bonds is 2. The van der Waals surface area contributed by atoms with E-state index in [1.54, 1.807) is 29.4 Å². The van der Waals surface area contributed by atoms with Crippen LogP contribution in [-0.2, 0) is 0 Å². The van der Waals surface area contributed by atoms with E-state index in [1.807, 2.05) is 0 Å². The lowest BCUT2D eigenvalue weighted by atomic mass is 9.97. The maximum atomic E-state index is 10.0. The Morgan fingerprint density at radius 2 is 2.17 bits per heavy atom. The van der Waals surface area contributed by atoms with Gasteiger partial charge in [-0.15, -0.1) is 11.3 Å². The minimum atomic E-state index is -0.187. The van der Waals surface area contributed by atoms with Crippen molar-refractivity contribution in [1.82, 2.24) is 9.97 Å². The zero-order chi connectivity index (χ0) is 12.5. The SMILES string of the molecule is Cc1cc2c(S[C@@H]3CCCC[C@H]3O)ncnc2s1. The third-order valence-electron chi connectivity index (χ3n) is 3.35. The molecule has 0 aliphatic heterocycles. The minimum Gasteiger partial charge on any atom is -0.392 e. The van der Waals surface area contributed by atoms with Crippen LogP contribution in [0.15, 0.2) is 17.4 Å². The van der Waals surface area contributed by atoms with Gasteiger partial charge in [0.2, 0.25) is 0 Å². The van der Waals surface area contributed by atoms with Gasteiger partial charge in [-0.1, -0.05) is 24.6 Å². The van der Waals surface area contributed by atoms with Gasteiger partial charge in [0.05, 0.1) is 6.10 Å². The normalized spacial score (nSPS) is 24.6. The highest BCUT2D eigenvalue weighted by Crippen LogP contribution is 2.37. The van der Waals surface area contributed by atoms with Crippen LogP contribution in [0.2, 0.25) is 0 Å². The molecule has 1 aliphatic rings. The first kappa shape index (κ1) is 12.4. The fraction of sp³-hybridized carbons (Fsp3) is 0.538. The Kier molecular flexibility index (Phi) is 3.54. The molecule has 0 saturated heterocycles. The number of aliphatic hydroxyl groups excluding tert-OH is 1. The van der Waals surface area contributed by atoms with Gasteiger partial charge in [0, 0.05) is 15.5 Å². The maximum absolute atomic E-state index is 10.0. The van der Waals surface area contributed by atoms with Crippen LogP contribution < -0.4 is 0 Å². The number of aliphatic hydroxyl groups is 1. The van der Waals surface area contributed by atoms with Crippen molar-refractivity contribution in [3.8, 4) is 0 Å². The van der Waals surface area contributed by atoms with E-state index in [-0.39, 0.29) is 11.4 Å². The summed E-state index contributed by atoms with van der Waals surface area (Å²) in [6, 6.07) is 2.15. The van der Waals surface area contributed by atoms with Crippen LogP contribution in [0.4, 0.5) is 0 Å². The molecular weight excluding hydrogens is 264 g/mol. The first-order chi connectivity index (χ1) is 8.74. The molecule has 2 atom stereocenters. The van der Waals surface area contributed by atoms with E-state index >= 15 is 0 Å². The van der Waals surface area contributed by atoms with E-state index in [0.717, 1.165) is 34.5 Å². The van der Waals surface area contributed by atoms with Crippen LogP contribution in [-0.4, -0.2) is 26.4 Å². The van der Waals surface area contributed by atoms with Gasteiger partial charge in [0.1, 0.15) is 16.2 Å². The smallest absolute Gasteiger partial charge is 0.128 e. The van der Waals surface area contributed by atoms with Gasteiger partial charge < -0.3 is 5.11 Å². The highest BCUT2D eigenvalue weighted by molar-refractivity contribution is 8.00. The molecule has 2 aromatic rings. The third-order valence-corrected chi connectivity index (χ3v) is 5.71. The molecule has 0 amide bonds. The maximum Gasteiger partial charge on any atom is 0.128 e. The fourth-order valence-electron chi connectivity index (χ4n) is 2.41. The van der Waals surface area contributed by atoms with Crippen LogP contribution in [0, 0.1) is 6.92 Å². The van der Waals surface area contributed by atoms with E-state index in [4.69, 9.17) is 0 Å². The van der Waals surface area contributed by atoms with Crippen LogP contribution in [0.5, 0.6) is 0 Å². The lowest BCUT2D eigenvalue weighted by Gasteiger charge is -2.26. The molecule has 0 radical (unpaired) electrons. The molecule has 1 N–H and O–H groups in total. The Morgan fingerprint density at radius 1 is 1.33 bits per heavy atom. The topological polar surface area (TPSA) is 46.0 Å². The molecule has 0 unspecified atom stereocenters.